The van der Waals surface area contributed by atoms with Gasteiger partial charge in [0.25, 0.3) is 0 Å². The summed E-state index contributed by atoms with van der Waals surface area (Å²) >= 11 is 5.96. The molecule has 1 aliphatic rings. The molecule has 3 nitrogen and oxygen atoms in total. The van der Waals surface area contributed by atoms with Crippen LogP contribution in [-0.2, 0) is 12.0 Å². The SMILES string of the molecule is CC(Cn1ccnc1)NCC1(c2ccc(Cl)cc2)CC1. The molecule has 1 fully saturated rings. The molecule has 1 aliphatic carbocycles. The van der Waals surface area contributed by atoms with E-state index in [-0.39, 0.29) is 0 Å². The van der Waals surface area contributed by atoms with Crippen LogP contribution in [0.4, 0.5) is 0 Å². The molecule has 3 rings (SSSR count). The van der Waals surface area contributed by atoms with Gasteiger partial charge in [-0.25, -0.2) is 4.98 Å². The average molecular weight is 290 g/mol. The summed E-state index contributed by atoms with van der Waals surface area (Å²) in [5.74, 6) is 0. The van der Waals surface area contributed by atoms with Gasteiger partial charge in [0.15, 0.2) is 0 Å². The zero-order valence-corrected chi connectivity index (χ0v) is 12.5. The fourth-order valence-corrected chi connectivity index (χ4v) is 2.79. The highest BCUT2D eigenvalue weighted by molar-refractivity contribution is 6.30. The molecule has 0 aliphatic heterocycles. The summed E-state index contributed by atoms with van der Waals surface area (Å²) in [5, 5.41) is 4.47. The molecule has 0 spiro atoms. The van der Waals surface area contributed by atoms with Crippen molar-refractivity contribution in [1.29, 1.82) is 0 Å². The Morgan fingerprint density at radius 3 is 2.70 bits per heavy atom. The van der Waals surface area contributed by atoms with Crippen molar-refractivity contribution in [1.82, 2.24) is 14.9 Å². The second-order valence-corrected chi connectivity index (χ2v) is 6.27. The maximum atomic E-state index is 5.96. The predicted octanol–water partition coefficient (Wildman–Crippen LogP) is 3.25. The van der Waals surface area contributed by atoms with E-state index in [0.29, 0.717) is 11.5 Å². The van der Waals surface area contributed by atoms with Crippen LogP contribution in [0.3, 0.4) is 0 Å². The number of benzene rings is 1. The van der Waals surface area contributed by atoms with E-state index in [1.165, 1.54) is 18.4 Å². The Balaban J connectivity index is 1.56. The third-order valence-electron chi connectivity index (χ3n) is 4.14. The van der Waals surface area contributed by atoms with Crippen molar-refractivity contribution in [2.45, 2.75) is 37.8 Å². The first-order valence-corrected chi connectivity index (χ1v) is 7.51. The molecule has 0 radical (unpaired) electrons. The molecule has 4 heteroatoms. The van der Waals surface area contributed by atoms with Crippen LogP contribution in [0.1, 0.15) is 25.3 Å². The van der Waals surface area contributed by atoms with E-state index in [1.54, 1.807) is 0 Å². The Morgan fingerprint density at radius 1 is 1.35 bits per heavy atom. The van der Waals surface area contributed by atoms with Gasteiger partial charge >= 0.3 is 0 Å². The number of nitrogens with zero attached hydrogens (tertiary/aromatic N) is 2. The Hall–Kier alpha value is -1.32. The van der Waals surface area contributed by atoms with Gasteiger partial charge in [0, 0.05) is 42.0 Å². The van der Waals surface area contributed by atoms with E-state index >= 15 is 0 Å². The molecule has 0 saturated heterocycles. The van der Waals surface area contributed by atoms with Gasteiger partial charge in [-0.1, -0.05) is 23.7 Å². The van der Waals surface area contributed by atoms with E-state index in [1.807, 2.05) is 30.9 Å². The Bertz CT molecular complexity index is 544. The molecule has 1 N–H and O–H groups in total. The summed E-state index contributed by atoms with van der Waals surface area (Å²) in [6.45, 7) is 4.21. The van der Waals surface area contributed by atoms with Crippen molar-refractivity contribution in [3.8, 4) is 0 Å². The van der Waals surface area contributed by atoms with Gasteiger partial charge in [0.05, 0.1) is 6.33 Å². The number of nitrogens with one attached hydrogen (secondary N) is 1. The lowest BCUT2D eigenvalue weighted by Gasteiger charge is -2.21. The molecule has 0 amide bonds. The third-order valence-corrected chi connectivity index (χ3v) is 4.39. The van der Waals surface area contributed by atoms with Crippen LogP contribution in [0.5, 0.6) is 0 Å². The molecular formula is C16H20ClN3. The van der Waals surface area contributed by atoms with Crippen molar-refractivity contribution in [3.63, 3.8) is 0 Å². The molecule has 1 saturated carbocycles. The number of halogens is 1. The van der Waals surface area contributed by atoms with Gasteiger partial charge in [0.2, 0.25) is 0 Å². The summed E-state index contributed by atoms with van der Waals surface area (Å²) in [5.41, 5.74) is 1.73. The van der Waals surface area contributed by atoms with Crippen LogP contribution in [0.2, 0.25) is 5.02 Å². The number of hydrogen-bond acceptors (Lipinski definition) is 2. The molecule has 1 heterocycles. The molecule has 1 aromatic heterocycles. The van der Waals surface area contributed by atoms with Crippen LogP contribution in [0, 0.1) is 0 Å². The molecule has 0 bridgehead atoms. The number of aromatic nitrogens is 2. The fourth-order valence-electron chi connectivity index (χ4n) is 2.67. The quantitative estimate of drug-likeness (QED) is 0.885. The van der Waals surface area contributed by atoms with Crippen molar-refractivity contribution < 1.29 is 0 Å². The van der Waals surface area contributed by atoms with Gasteiger partial charge in [-0.15, -0.1) is 0 Å². The molecule has 1 unspecified atom stereocenters. The highest BCUT2D eigenvalue weighted by Gasteiger charge is 2.43. The van der Waals surface area contributed by atoms with Gasteiger partial charge in [-0.3, -0.25) is 0 Å². The van der Waals surface area contributed by atoms with Crippen LogP contribution >= 0.6 is 11.6 Å². The number of hydrogen-bond donors (Lipinski definition) is 1. The average Bonchev–Trinajstić information content (AvgIpc) is 3.07. The molecule has 106 valence electrons. The predicted molar refractivity (Wildman–Crippen MR) is 82.1 cm³/mol. The second kappa shape index (κ2) is 5.58. The molecule has 20 heavy (non-hydrogen) atoms. The van der Waals surface area contributed by atoms with E-state index < -0.39 is 0 Å². The Labute approximate surface area is 125 Å². The monoisotopic (exact) mass is 289 g/mol. The first-order chi connectivity index (χ1) is 9.68. The van der Waals surface area contributed by atoms with Crippen LogP contribution in [-0.4, -0.2) is 22.1 Å². The van der Waals surface area contributed by atoms with E-state index in [2.05, 4.69) is 33.9 Å². The van der Waals surface area contributed by atoms with Crippen LogP contribution in [0.15, 0.2) is 43.0 Å². The summed E-state index contributed by atoms with van der Waals surface area (Å²) in [6.07, 6.45) is 8.22. The summed E-state index contributed by atoms with van der Waals surface area (Å²) < 4.78 is 2.11. The minimum atomic E-state index is 0.327. The number of rotatable bonds is 6. The zero-order chi connectivity index (χ0) is 14.0. The normalized spacial score (nSPS) is 17.9. The largest absolute Gasteiger partial charge is 0.336 e. The van der Waals surface area contributed by atoms with Gasteiger partial charge in [-0.2, -0.15) is 0 Å². The van der Waals surface area contributed by atoms with E-state index in [9.17, 15) is 0 Å². The van der Waals surface area contributed by atoms with Crippen molar-refractivity contribution in [3.05, 3.63) is 53.6 Å². The van der Waals surface area contributed by atoms with Crippen molar-refractivity contribution in [2.24, 2.45) is 0 Å². The third kappa shape index (κ3) is 3.05. The molecular weight excluding hydrogens is 270 g/mol. The standard InChI is InChI=1S/C16H20ClN3/c1-13(10-20-9-8-18-12-20)19-11-16(6-7-16)14-2-4-15(17)5-3-14/h2-5,8-9,12-13,19H,6-7,10-11H2,1H3. The topological polar surface area (TPSA) is 29.9 Å². The van der Waals surface area contributed by atoms with Gasteiger partial charge in [-0.05, 0) is 37.5 Å². The first kappa shape index (κ1) is 13.7. The maximum absolute atomic E-state index is 5.96. The zero-order valence-electron chi connectivity index (χ0n) is 11.7. The maximum Gasteiger partial charge on any atom is 0.0946 e. The second-order valence-electron chi connectivity index (χ2n) is 5.83. The van der Waals surface area contributed by atoms with Gasteiger partial charge in [0.1, 0.15) is 0 Å². The summed E-state index contributed by atoms with van der Waals surface area (Å²) in [7, 11) is 0. The highest BCUT2D eigenvalue weighted by Crippen LogP contribution is 2.47. The summed E-state index contributed by atoms with van der Waals surface area (Å²) in [4.78, 5) is 4.07. The molecule has 1 atom stereocenters. The minimum absolute atomic E-state index is 0.327. The van der Waals surface area contributed by atoms with Gasteiger partial charge < -0.3 is 9.88 Å². The molecule has 2 aromatic rings. The Kier molecular flexibility index (Phi) is 3.81. The summed E-state index contributed by atoms with van der Waals surface area (Å²) in [6, 6.07) is 8.75. The van der Waals surface area contributed by atoms with E-state index in [0.717, 1.165) is 18.1 Å². The smallest absolute Gasteiger partial charge is 0.0946 e. The Morgan fingerprint density at radius 2 is 2.10 bits per heavy atom. The fraction of sp³-hybridized carbons (Fsp3) is 0.438. The molecule has 1 aromatic carbocycles. The number of imidazole rings is 1. The highest BCUT2D eigenvalue weighted by atomic mass is 35.5. The van der Waals surface area contributed by atoms with Crippen molar-refractivity contribution in [2.75, 3.05) is 6.54 Å². The lowest BCUT2D eigenvalue weighted by atomic mass is 9.96. The lowest BCUT2D eigenvalue weighted by Crippen LogP contribution is -2.36. The minimum Gasteiger partial charge on any atom is -0.336 e. The van der Waals surface area contributed by atoms with Crippen LogP contribution in [0.25, 0.3) is 0 Å². The van der Waals surface area contributed by atoms with Crippen molar-refractivity contribution >= 4 is 11.6 Å². The van der Waals surface area contributed by atoms with Crippen LogP contribution < -0.4 is 5.32 Å². The van der Waals surface area contributed by atoms with E-state index in [4.69, 9.17) is 11.6 Å². The lowest BCUT2D eigenvalue weighted by molar-refractivity contribution is 0.447. The first-order valence-electron chi connectivity index (χ1n) is 7.13.